The van der Waals surface area contributed by atoms with Crippen molar-refractivity contribution in [2.24, 2.45) is 0 Å². The van der Waals surface area contributed by atoms with Crippen LogP contribution >= 0.6 is 11.6 Å². The minimum Gasteiger partial charge on any atom is -0.263 e. The summed E-state index contributed by atoms with van der Waals surface area (Å²) in [5, 5.41) is -0.0731. The Labute approximate surface area is 114 Å². The van der Waals surface area contributed by atoms with Crippen molar-refractivity contribution in [1.82, 2.24) is 9.97 Å². The van der Waals surface area contributed by atoms with Crippen LogP contribution in [-0.2, 0) is 10.0 Å². The highest BCUT2D eigenvalue weighted by Gasteiger charge is 2.18. The van der Waals surface area contributed by atoms with Crippen LogP contribution in [0.4, 0.5) is 10.2 Å². The molecule has 0 spiro atoms. The fourth-order valence-electron chi connectivity index (χ4n) is 1.50. The van der Waals surface area contributed by atoms with Gasteiger partial charge in [-0.1, -0.05) is 0 Å². The van der Waals surface area contributed by atoms with Crippen molar-refractivity contribution in [2.75, 3.05) is 4.72 Å². The fraction of sp³-hybridized carbons (Fsp3) is 0.0909. The SMILES string of the molecule is Cc1cc(F)ccc1S(=O)(=O)Nc1ccnc(Cl)n1. The van der Waals surface area contributed by atoms with E-state index in [1.54, 1.807) is 0 Å². The molecule has 2 aromatic rings. The van der Waals surface area contributed by atoms with Crippen LogP contribution < -0.4 is 4.72 Å². The number of nitrogens with zero attached hydrogens (tertiary/aromatic N) is 2. The van der Waals surface area contributed by atoms with E-state index < -0.39 is 15.8 Å². The molecule has 0 aliphatic heterocycles. The predicted molar refractivity (Wildman–Crippen MR) is 69.0 cm³/mol. The van der Waals surface area contributed by atoms with Gasteiger partial charge in [-0.05, 0) is 48.4 Å². The molecule has 0 aliphatic carbocycles. The van der Waals surface area contributed by atoms with Crippen LogP contribution in [0, 0.1) is 12.7 Å². The number of nitrogens with one attached hydrogen (secondary N) is 1. The summed E-state index contributed by atoms with van der Waals surface area (Å²) in [6.45, 7) is 1.50. The number of halogens is 2. The third kappa shape index (κ3) is 3.18. The third-order valence-electron chi connectivity index (χ3n) is 2.29. The summed E-state index contributed by atoms with van der Waals surface area (Å²) < 4.78 is 39.4. The Kier molecular flexibility index (Phi) is 3.68. The lowest BCUT2D eigenvalue weighted by Gasteiger charge is -2.09. The molecule has 0 saturated heterocycles. The summed E-state index contributed by atoms with van der Waals surface area (Å²) in [6, 6.07) is 4.77. The third-order valence-corrected chi connectivity index (χ3v) is 3.99. The Morgan fingerprint density at radius 2 is 2.05 bits per heavy atom. The number of hydrogen-bond acceptors (Lipinski definition) is 4. The van der Waals surface area contributed by atoms with E-state index in [0.29, 0.717) is 5.56 Å². The summed E-state index contributed by atoms with van der Waals surface area (Å²) in [5.74, 6) is -0.453. The molecule has 8 heteroatoms. The summed E-state index contributed by atoms with van der Waals surface area (Å²) in [7, 11) is -3.84. The fourth-order valence-corrected chi connectivity index (χ4v) is 2.88. The van der Waals surface area contributed by atoms with Crippen LogP contribution in [0.3, 0.4) is 0 Å². The molecule has 5 nitrogen and oxygen atoms in total. The topological polar surface area (TPSA) is 72.0 Å². The summed E-state index contributed by atoms with van der Waals surface area (Å²) in [4.78, 5) is 7.34. The first-order chi connectivity index (χ1) is 8.88. The monoisotopic (exact) mass is 301 g/mol. The molecule has 0 fully saturated rings. The molecule has 0 radical (unpaired) electrons. The van der Waals surface area contributed by atoms with Gasteiger partial charge in [0.05, 0.1) is 4.90 Å². The molecule has 1 heterocycles. The van der Waals surface area contributed by atoms with Crippen molar-refractivity contribution in [2.45, 2.75) is 11.8 Å². The molecule has 19 heavy (non-hydrogen) atoms. The minimum atomic E-state index is -3.84. The van der Waals surface area contributed by atoms with Crippen LogP contribution in [-0.4, -0.2) is 18.4 Å². The molecule has 100 valence electrons. The molecule has 0 saturated carbocycles. The van der Waals surface area contributed by atoms with E-state index in [9.17, 15) is 12.8 Å². The van der Waals surface area contributed by atoms with Gasteiger partial charge in [0.1, 0.15) is 11.6 Å². The molecule has 0 bridgehead atoms. The molecule has 1 N–H and O–H groups in total. The number of sulfonamides is 1. The van der Waals surface area contributed by atoms with Crippen LogP contribution in [0.1, 0.15) is 5.56 Å². The molecule has 0 unspecified atom stereocenters. The van der Waals surface area contributed by atoms with E-state index >= 15 is 0 Å². The minimum absolute atomic E-state index is 0.0244. The smallest absolute Gasteiger partial charge is 0.263 e. The molecule has 0 amide bonds. The number of hydrogen-bond donors (Lipinski definition) is 1. The van der Waals surface area contributed by atoms with E-state index in [2.05, 4.69) is 14.7 Å². The van der Waals surface area contributed by atoms with Gasteiger partial charge in [0.2, 0.25) is 5.28 Å². The van der Waals surface area contributed by atoms with Gasteiger partial charge >= 0.3 is 0 Å². The Morgan fingerprint density at radius 1 is 1.32 bits per heavy atom. The van der Waals surface area contributed by atoms with Crippen molar-refractivity contribution in [1.29, 1.82) is 0 Å². The zero-order valence-electron chi connectivity index (χ0n) is 9.76. The van der Waals surface area contributed by atoms with Crippen molar-refractivity contribution in [3.8, 4) is 0 Å². The number of aromatic nitrogens is 2. The summed E-state index contributed by atoms with van der Waals surface area (Å²) in [6.07, 6.45) is 1.32. The second-order valence-electron chi connectivity index (χ2n) is 3.73. The predicted octanol–water partition coefficient (Wildman–Crippen LogP) is 2.38. The quantitative estimate of drug-likeness (QED) is 0.884. The number of aryl methyl sites for hydroxylation is 1. The van der Waals surface area contributed by atoms with E-state index in [1.807, 2.05) is 0 Å². The van der Waals surface area contributed by atoms with E-state index in [-0.39, 0.29) is 16.0 Å². The lowest BCUT2D eigenvalue weighted by molar-refractivity contribution is 0.598. The Balaban J connectivity index is 2.38. The maximum atomic E-state index is 13.0. The molecule has 1 aromatic heterocycles. The first kappa shape index (κ1) is 13.7. The molecular weight excluding hydrogens is 293 g/mol. The Hall–Kier alpha value is -1.73. The highest BCUT2D eigenvalue weighted by Crippen LogP contribution is 2.19. The molecule has 0 atom stereocenters. The van der Waals surface area contributed by atoms with Gasteiger partial charge in [-0.15, -0.1) is 0 Å². The van der Waals surface area contributed by atoms with Gasteiger partial charge in [-0.2, -0.15) is 4.98 Å². The summed E-state index contributed by atoms with van der Waals surface area (Å²) >= 11 is 5.57. The second kappa shape index (κ2) is 5.10. The van der Waals surface area contributed by atoms with Crippen molar-refractivity contribution in [3.63, 3.8) is 0 Å². The highest BCUT2D eigenvalue weighted by molar-refractivity contribution is 7.92. The second-order valence-corrected chi connectivity index (χ2v) is 5.72. The average Bonchev–Trinajstić information content (AvgIpc) is 2.27. The maximum absolute atomic E-state index is 13.0. The van der Waals surface area contributed by atoms with Gasteiger partial charge in [0, 0.05) is 6.20 Å². The number of anilines is 1. The standard InChI is InChI=1S/C11H9ClFN3O2S/c1-7-6-8(13)2-3-9(7)19(17,18)16-10-4-5-14-11(12)15-10/h2-6H,1H3,(H,14,15,16). The van der Waals surface area contributed by atoms with Gasteiger partial charge in [0.15, 0.2) is 0 Å². The zero-order valence-corrected chi connectivity index (χ0v) is 11.3. The van der Waals surface area contributed by atoms with Crippen molar-refractivity contribution >= 4 is 27.4 Å². The molecular formula is C11H9ClFN3O2S. The van der Waals surface area contributed by atoms with Gasteiger partial charge in [-0.25, -0.2) is 17.8 Å². The normalized spacial score (nSPS) is 11.3. The van der Waals surface area contributed by atoms with Gasteiger partial charge in [-0.3, -0.25) is 4.72 Å². The first-order valence-corrected chi connectivity index (χ1v) is 7.02. The lowest BCUT2D eigenvalue weighted by Crippen LogP contribution is -2.15. The Bertz CT molecular complexity index is 722. The van der Waals surface area contributed by atoms with Crippen molar-refractivity contribution in [3.05, 3.63) is 47.1 Å². The maximum Gasteiger partial charge on any atom is 0.263 e. The lowest BCUT2D eigenvalue weighted by atomic mass is 10.2. The zero-order chi connectivity index (χ0) is 14.0. The molecule has 0 aliphatic rings. The van der Waals surface area contributed by atoms with E-state index in [1.165, 1.54) is 25.3 Å². The molecule has 1 aromatic carbocycles. The largest absolute Gasteiger partial charge is 0.263 e. The van der Waals surface area contributed by atoms with Gasteiger partial charge < -0.3 is 0 Å². The Morgan fingerprint density at radius 3 is 2.68 bits per heavy atom. The van der Waals surface area contributed by atoms with Crippen LogP contribution in [0.25, 0.3) is 0 Å². The first-order valence-electron chi connectivity index (χ1n) is 5.16. The number of rotatable bonds is 3. The number of benzene rings is 1. The van der Waals surface area contributed by atoms with Crippen LogP contribution in [0.5, 0.6) is 0 Å². The van der Waals surface area contributed by atoms with Crippen molar-refractivity contribution < 1.29 is 12.8 Å². The average molecular weight is 302 g/mol. The van der Waals surface area contributed by atoms with Gasteiger partial charge in [0.25, 0.3) is 10.0 Å². The molecule has 2 rings (SSSR count). The van der Waals surface area contributed by atoms with E-state index in [0.717, 1.165) is 12.1 Å². The van der Waals surface area contributed by atoms with E-state index in [4.69, 9.17) is 11.6 Å². The highest BCUT2D eigenvalue weighted by atomic mass is 35.5. The summed E-state index contributed by atoms with van der Waals surface area (Å²) in [5.41, 5.74) is 0.299. The van der Waals surface area contributed by atoms with Crippen LogP contribution in [0.15, 0.2) is 35.4 Å². The van der Waals surface area contributed by atoms with Crippen LogP contribution in [0.2, 0.25) is 5.28 Å².